The molecule has 2 N–H and O–H groups in total. The number of hydrogen-bond acceptors (Lipinski definition) is 3. The second-order valence-electron chi connectivity index (χ2n) is 9.60. The monoisotopic (exact) mass is 425 g/mol. The lowest BCUT2D eigenvalue weighted by molar-refractivity contribution is 0.153. The summed E-state index contributed by atoms with van der Waals surface area (Å²) in [6.07, 6.45) is 2.06. The van der Waals surface area contributed by atoms with Gasteiger partial charge in [-0.1, -0.05) is 48.5 Å². The number of ether oxygens (including phenoxy) is 1. The van der Waals surface area contributed by atoms with E-state index in [-0.39, 0.29) is 11.1 Å². The van der Waals surface area contributed by atoms with Gasteiger partial charge in [-0.05, 0) is 64.4 Å². The van der Waals surface area contributed by atoms with E-state index in [0.29, 0.717) is 12.6 Å². The lowest BCUT2D eigenvalue weighted by atomic mass is 9.80. The van der Waals surface area contributed by atoms with Crippen molar-refractivity contribution < 1.29 is 4.74 Å². The lowest BCUT2D eigenvalue weighted by Gasteiger charge is -2.47. The van der Waals surface area contributed by atoms with E-state index in [1.165, 1.54) is 5.56 Å². The molecule has 0 radical (unpaired) electrons. The molecule has 0 amide bonds. The van der Waals surface area contributed by atoms with E-state index in [9.17, 15) is 0 Å². The first-order valence-electron chi connectivity index (χ1n) is 10.7. The molecule has 0 unspecified atom stereocenters. The van der Waals surface area contributed by atoms with Crippen LogP contribution in [0.3, 0.4) is 0 Å². The fourth-order valence-electron chi connectivity index (χ4n) is 4.73. The number of methoxy groups -OCH3 is 1. The van der Waals surface area contributed by atoms with E-state index in [2.05, 4.69) is 73.6 Å². The Kier molecular flexibility index (Phi) is 7.04. The molecule has 1 fully saturated rings. The molecule has 30 heavy (non-hydrogen) atoms. The van der Waals surface area contributed by atoms with Crippen molar-refractivity contribution in [2.45, 2.75) is 70.7 Å². The smallest absolute Gasteiger partial charge is 0.169 e. The van der Waals surface area contributed by atoms with Crippen LogP contribution in [-0.4, -0.2) is 34.2 Å². The first-order chi connectivity index (χ1) is 14.2. The van der Waals surface area contributed by atoms with Crippen molar-refractivity contribution in [3.63, 3.8) is 0 Å². The molecule has 2 aromatic rings. The number of thiocarbonyl (C=S) groups is 1. The number of nitrogens with zero attached hydrogens (tertiary/aromatic N) is 1. The highest BCUT2D eigenvalue weighted by Gasteiger charge is 2.38. The summed E-state index contributed by atoms with van der Waals surface area (Å²) in [5.41, 5.74) is 2.51. The topological polar surface area (TPSA) is 36.5 Å². The largest absolute Gasteiger partial charge is 0.496 e. The van der Waals surface area contributed by atoms with Gasteiger partial charge in [0.05, 0.1) is 7.11 Å². The Morgan fingerprint density at radius 3 is 2.23 bits per heavy atom. The van der Waals surface area contributed by atoms with E-state index >= 15 is 0 Å². The average molecular weight is 426 g/mol. The van der Waals surface area contributed by atoms with Gasteiger partial charge in [0.1, 0.15) is 5.75 Å². The second-order valence-corrected chi connectivity index (χ2v) is 9.99. The van der Waals surface area contributed by atoms with Crippen LogP contribution in [0.5, 0.6) is 5.75 Å². The van der Waals surface area contributed by atoms with Crippen molar-refractivity contribution in [1.29, 1.82) is 0 Å². The second kappa shape index (κ2) is 9.36. The Labute approximate surface area is 187 Å². The SMILES string of the molecule is COc1ccccc1CN(Cc1ccccc1)C(=S)NC1CC(C)(C)NC(C)(C)C1. The van der Waals surface area contributed by atoms with Gasteiger partial charge in [0, 0.05) is 35.8 Å². The van der Waals surface area contributed by atoms with Crippen LogP contribution in [0.4, 0.5) is 0 Å². The van der Waals surface area contributed by atoms with Gasteiger partial charge in [0.2, 0.25) is 0 Å². The molecular weight excluding hydrogens is 390 g/mol. The number of hydrogen-bond donors (Lipinski definition) is 2. The number of benzene rings is 2. The first-order valence-corrected chi connectivity index (χ1v) is 11.1. The summed E-state index contributed by atoms with van der Waals surface area (Å²) in [7, 11) is 1.72. The molecule has 1 aliphatic rings. The molecule has 2 aromatic carbocycles. The fourth-order valence-corrected chi connectivity index (χ4v) is 5.03. The summed E-state index contributed by atoms with van der Waals surface area (Å²) < 4.78 is 5.58. The third kappa shape index (κ3) is 6.19. The van der Waals surface area contributed by atoms with Crippen molar-refractivity contribution >= 4 is 17.3 Å². The van der Waals surface area contributed by atoms with E-state index < -0.39 is 0 Å². The van der Waals surface area contributed by atoms with Gasteiger partial charge in [0.15, 0.2) is 5.11 Å². The maximum absolute atomic E-state index is 5.94. The van der Waals surface area contributed by atoms with Crippen molar-refractivity contribution in [2.75, 3.05) is 7.11 Å². The quantitative estimate of drug-likeness (QED) is 0.645. The Balaban J connectivity index is 1.79. The minimum atomic E-state index is 0.0714. The number of nitrogens with one attached hydrogen (secondary N) is 2. The molecule has 0 aromatic heterocycles. The molecule has 1 heterocycles. The third-order valence-electron chi connectivity index (χ3n) is 5.57. The summed E-state index contributed by atoms with van der Waals surface area (Å²) in [5.74, 6) is 0.891. The van der Waals surface area contributed by atoms with Gasteiger partial charge in [-0.3, -0.25) is 0 Å². The summed E-state index contributed by atoms with van der Waals surface area (Å²) >= 11 is 5.94. The number of rotatable bonds is 6. The normalized spacial score (nSPS) is 17.9. The van der Waals surface area contributed by atoms with Crippen LogP contribution >= 0.6 is 12.2 Å². The predicted molar refractivity (Wildman–Crippen MR) is 129 cm³/mol. The highest BCUT2D eigenvalue weighted by Crippen LogP contribution is 2.29. The van der Waals surface area contributed by atoms with Crippen LogP contribution < -0.4 is 15.4 Å². The molecule has 3 rings (SSSR count). The molecule has 0 saturated carbocycles. The Morgan fingerprint density at radius 1 is 1.00 bits per heavy atom. The summed E-state index contributed by atoms with van der Waals surface area (Å²) in [5, 5.41) is 8.23. The zero-order valence-electron chi connectivity index (χ0n) is 18.9. The van der Waals surface area contributed by atoms with Gasteiger partial charge in [-0.15, -0.1) is 0 Å². The van der Waals surface area contributed by atoms with E-state index in [1.54, 1.807) is 7.11 Å². The molecule has 0 bridgehead atoms. The Bertz CT molecular complexity index is 834. The van der Waals surface area contributed by atoms with E-state index in [0.717, 1.165) is 35.8 Å². The van der Waals surface area contributed by atoms with Crippen LogP contribution in [0.1, 0.15) is 51.7 Å². The average Bonchev–Trinajstić information content (AvgIpc) is 2.66. The lowest BCUT2D eigenvalue weighted by Crippen LogP contribution is -2.62. The highest BCUT2D eigenvalue weighted by atomic mass is 32.1. The summed E-state index contributed by atoms with van der Waals surface area (Å²) in [6.45, 7) is 10.5. The summed E-state index contributed by atoms with van der Waals surface area (Å²) in [6, 6.07) is 19.0. The van der Waals surface area contributed by atoms with Gasteiger partial charge < -0.3 is 20.3 Å². The zero-order valence-corrected chi connectivity index (χ0v) is 19.7. The van der Waals surface area contributed by atoms with Gasteiger partial charge in [0.25, 0.3) is 0 Å². The Morgan fingerprint density at radius 2 is 1.60 bits per heavy atom. The summed E-state index contributed by atoms with van der Waals surface area (Å²) in [4.78, 5) is 2.24. The first kappa shape index (κ1) is 22.6. The minimum Gasteiger partial charge on any atom is -0.496 e. The van der Waals surface area contributed by atoms with Crippen molar-refractivity contribution in [1.82, 2.24) is 15.5 Å². The predicted octanol–water partition coefficient (Wildman–Crippen LogP) is 4.88. The third-order valence-corrected chi connectivity index (χ3v) is 5.95. The molecule has 162 valence electrons. The standard InChI is InChI=1S/C25H35N3OS/c1-24(2)15-21(16-25(3,4)27-24)26-23(30)28(17-19-11-7-6-8-12-19)18-20-13-9-10-14-22(20)29-5/h6-14,21,27H,15-18H2,1-5H3,(H,26,30). The Hall–Kier alpha value is -2.11. The van der Waals surface area contributed by atoms with Crippen LogP contribution in [0.2, 0.25) is 0 Å². The van der Waals surface area contributed by atoms with Gasteiger partial charge in [-0.2, -0.15) is 0 Å². The number of piperidine rings is 1. The number of para-hydroxylation sites is 1. The van der Waals surface area contributed by atoms with Crippen molar-refractivity contribution in [3.05, 3.63) is 65.7 Å². The van der Waals surface area contributed by atoms with Crippen molar-refractivity contribution in [3.8, 4) is 5.75 Å². The molecule has 4 nitrogen and oxygen atoms in total. The molecule has 1 aliphatic heterocycles. The fraction of sp³-hybridized carbons (Fsp3) is 0.480. The molecule has 5 heteroatoms. The maximum atomic E-state index is 5.94. The van der Waals surface area contributed by atoms with Crippen LogP contribution in [-0.2, 0) is 13.1 Å². The van der Waals surface area contributed by atoms with Crippen LogP contribution in [0.25, 0.3) is 0 Å². The zero-order chi connectivity index (χ0) is 21.8. The van der Waals surface area contributed by atoms with Crippen LogP contribution in [0, 0.1) is 0 Å². The molecule has 0 spiro atoms. The van der Waals surface area contributed by atoms with E-state index in [4.69, 9.17) is 17.0 Å². The van der Waals surface area contributed by atoms with Gasteiger partial charge in [-0.25, -0.2) is 0 Å². The van der Waals surface area contributed by atoms with Crippen LogP contribution in [0.15, 0.2) is 54.6 Å². The molecule has 0 atom stereocenters. The molecular formula is C25H35N3OS. The maximum Gasteiger partial charge on any atom is 0.169 e. The van der Waals surface area contributed by atoms with E-state index in [1.807, 2.05) is 24.3 Å². The van der Waals surface area contributed by atoms with Gasteiger partial charge >= 0.3 is 0 Å². The highest BCUT2D eigenvalue weighted by molar-refractivity contribution is 7.80. The van der Waals surface area contributed by atoms with Crippen molar-refractivity contribution in [2.24, 2.45) is 0 Å². The molecule has 1 saturated heterocycles. The molecule has 0 aliphatic carbocycles. The minimum absolute atomic E-state index is 0.0714.